The minimum Gasteiger partial charge on any atom is -0.458 e. The normalized spacial score (nSPS) is 13.1. The Labute approximate surface area is 511 Å². The van der Waals surface area contributed by atoms with E-state index >= 15 is 0 Å². The summed E-state index contributed by atoms with van der Waals surface area (Å²) in [7, 11) is -2.91. The molecule has 0 bridgehead atoms. The molecule has 0 amide bonds. The van der Waals surface area contributed by atoms with Crippen LogP contribution in [0.15, 0.2) is 279 Å². The zero-order valence-corrected chi connectivity index (χ0v) is 49.9. The zero-order valence-electron chi connectivity index (χ0n) is 53.9. The van der Waals surface area contributed by atoms with Crippen LogP contribution in [0.25, 0.3) is 94.5 Å². The van der Waals surface area contributed by atoms with E-state index in [4.69, 9.17) is 13.8 Å². The van der Waals surface area contributed by atoms with Gasteiger partial charge in [-0.2, -0.15) is 0 Å². The molecule has 0 atom stereocenters. The van der Waals surface area contributed by atoms with Gasteiger partial charge in [-0.3, -0.25) is 13.7 Å². The number of fused-ring (bicyclic) bond motifs is 10. The lowest BCUT2D eigenvalue weighted by Gasteiger charge is -2.34. The van der Waals surface area contributed by atoms with Gasteiger partial charge in [0.25, 0.3) is 6.33 Å². The van der Waals surface area contributed by atoms with Crippen molar-refractivity contribution < 1.29 is 16.2 Å². The molecule has 15 rings (SSSR count). The molecule has 0 spiro atoms. The van der Waals surface area contributed by atoms with Gasteiger partial charge in [0.05, 0.1) is 40.3 Å². The lowest BCUT2D eigenvalue weighted by molar-refractivity contribution is -0.572. The van der Waals surface area contributed by atoms with E-state index in [9.17, 15) is 2.74 Å². The molecule has 1 aliphatic heterocycles. The van der Waals surface area contributed by atoms with Crippen molar-refractivity contribution in [1.29, 1.82) is 0 Å². The maximum atomic E-state index is 9.33. The fourth-order valence-electron chi connectivity index (χ4n) is 13.3. The number of hydrogen-bond donors (Lipinski definition) is 0. The molecule has 11 aromatic carbocycles. The van der Waals surface area contributed by atoms with E-state index in [-0.39, 0.29) is 28.5 Å². The number of aromatic nitrogens is 4. The molecule has 0 unspecified atom stereocenters. The van der Waals surface area contributed by atoms with Crippen molar-refractivity contribution in [3.05, 3.63) is 297 Å². The lowest BCUT2D eigenvalue weighted by atomic mass is 9.82. The Morgan fingerprint density at radius 1 is 0.453 bits per heavy atom. The second-order valence-electron chi connectivity index (χ2n) is 24.6. The van der Waals surface area contributed by atoms with Gasteiger partial charge in [0, 0.05) is 23.0 Å². The summed E-state index contributed by atoms with van der Waals surface area (Å²) in [5.74, 6) is 2.02. The Kier molecular flexibility index (Phi) is 11.3. The zero-order chi connectivity index (χ0) is 62.7. The van der Waals surface area contributed by atoms with Crippen LogP contribution in [0.1, 0.15) is 59.5 Å². The van der Waals surface area contributed by atoms with Gasteiger partial charge in [0.1, 0.15) is 17.3 Å². The first-order chi connectivity index (χ1) is 44.0. The van der Waals surface area contributed by atoms with Crippen molar-refractivity contribution in [3.63, 3.8) is 0 Å². The third-order valence-electron chi connectivity index (χ3n) is 17.3. The maximum absolute atomic E-state index is 9.33. The van der Waals surface area contributed by atoms with Crippen molar-refractivity contribution in [2.24, 2.45) is 0 Å². The number of hydrogen-bond acceptors (Lipinski definition) is 2. The highest BCUT2D eigenvalue weighted by atomic mass is 28.3. The van der Waals surface area contributed by atoms with Crippen LogP contribution in [0.2, 0.25) is 0 Å². The number of ether oxygens (including phenoxy) is 1. The van der Waals surface area contributed by atoms with Crippen LogP contribution in [0.5, 0.6) is 11.5 Å². The molecule has 1 aliphatic rings. The predicted octanol–water partition coefficient (Wildman–Crippen LogP) is 16.9. The quantitative estimate of drug-likeness (QED) is 0.0625. The van der Waals surface area contributed by atoms with E-state index in [0.29, 0.717) is 22.6 Å². The van der Waals surface area contributed by atoms with Crippen LogP contribution in [-0.2, 0) is 10.8 Å². The Hall–Kier alpha value is -10.1. The second-order valence-corrected chi connectivity index (χ2v) is 28.4. The summed E-state index contributed by atoms with van der Waals surface area (Å²) >= 11 is 0. The molecule has 86 heavy (non-hydrogen) atoms. The molecule has 5 nitrogen and oxygen atoms in total. The van der Waals surface area contributed by atoms with Crippen LogP contribution >= 0.6 is 0 Å². The minimum atomic E-state index is -2.91. The fraction of sp³-hybridized carbons (Fsp3) is 0.100. The third kappa shape index (κ3) is 8.73. The molecular formula is C80H64N4OSi. The largest absolute Gasteiger partial charge is 0.458 e. The summed E-state index contributed by atoms with van der Waals surface area (Å²) in [6.07, 6.45) is 5.82. The lowest BCUT2D eigenvalue weighted by Crippen LogP contribution is -2.74. The summed E-state index contributed by atoms with van der Waals surface area (Å²) in [6, 6.07) is 84.4. The first-order valence-corrected chi connectivity index (χ1v) is 31.4. The Morgan fingerprint density at radius 2 is 1.05 bits per heavy atom. The predicted molar refractivity (Wildman–Crippen MR) is 359 cm³/mol. The smallest absolute Gasteiger partial charge is 0.269 e. The number of imidazole rings is 1. The maximum Gasteiger partial charge on any atom is 0.269 e. The van der Waals surface area contributed by atoms with Gasteiger partial charge in [-0.15, -0.1) is 0 Å². The number of rotatable bonds is 9. The number of para-hydroxylation sites is 1. The Bertz CT molecular complexity index is 5120. The highest BCUT2D eigenvalue weighted by molar-refractivity contribution is 7.20. The molecule has 414 valence electrons. The standard InChI is InChI=1S/C80H64N4OSi/c1-79(2,3)56-45-46-81-76(49-56)84-73-44-42-63(86(60-29-13-8-14-30-60,61-31-15-9-16-32-61)62-33-17-10-18-34-62)52-70(73)68-43-41-59(51-74(68)84)85-58-28-23-27-57(50-58)82-53-83-77-69(39-24-40-72(77)80(4,5)6)66-37-21-19-35-64(66)65-36-20-22-38-67(65)71-47-55(48-75(82)78(71)83)54-25-11-7-12-26-54/h7-52H,1-6H3/i7D,11D,12D,25D,26D. The van der Waals surface area contributed by atoms with Crippen molar-refractivity contribution in [2.45, 2.75) is 52.4 Å². The summed E-state index contributed by atoms with van der Waals surface area (Å²) in [6.45, 7) is 13.4. The molecule has 14 aromatic rings. The van der Waals surface area contributed by atoms with Crippen molar-refractivity contribution >= 4 is 61.7 Å². The molecule has 0 N–H and O–H groups in total. The van der Waals surface area contributed by atoms with Crippen LogP contribution < -0.4 is 30.1 Å². The van der Waals surface area contributed by atoms with Gasteiger partial charge in [-0.1, -0.05) is 254 Å². The molecule has 0 fully saturated rings. The second kappa shape index (κ2) is 20.6. The van der Waals surface area contributed by atoms with Gasteiger partial charge in [0.2, 0.25) is 0 Å². The van der Waals surface area contributed by atoms with Crippen LogP contribution in [0, 0.1) is 6.33 Å². The van der Waals surface area contributed by atoms with E-state index in [1.165, 1.54) is 26.3 Å². The molecule has 0 radical (unpaired) electrons. The first-order valence-electron chi connectivity index (χ1n) is 31.9. The van der Waals surface area contributed by atoms with E-state index in [0.717, 1.165) is 83.5 Å². The average molecular weight is 1130 g/mol. The van der Waals surface area contributed by atoms with Crippen molar-refractivity contribution in [3.8, 4) is 73.2 Å². The molecule has 0 saturated carbocycles. The minimum absolute atomic E-state index is 0.114. The topological polar surface area (TPSA) is 35.9 Å². The van der Waals surface area contributed by atoms with Gasteiger partial charge in [0.15, 0.2) is 8.07 Å². The SMILES string of the molecule is [2H]c1c([2H])c([2H])c(-c2cc3c4c(c2)n(-c2cccc(Oc5ccc6c7cc([Si](c8ccccc8)(c8ccccc8)c8ccccc8)ccc7n(-c7cc(C(C)(C)C)ccn7)c6c5)c2)[c-][n+]4-c2c(cccc2C(C)(C)C)-c2ccccc2-c2ccccc2-3)c([2H])c1[2H]. The fourth-order valence-corrected chi connectivity index (χ4v) is 18.1. The van der Waals surface area contributed by atoms with Crippen molar-refractivity contribution in [2.75, 3.05) is 0 Å². The summed E-state index contributed by atoms with van der Waals surface area (Å²) < 4.78 is 58.5. The molecular weight excluding hydrogens is 1060 g/mol. The monoisotopic (exact) mass is 1130 g/mol. The Balaban J connectivity index is 0.948. The Morgan fingerprint density at radius 3 is 1.69 bits per heavy atom. The highest BCUT2D eigenvalue weighted by Gasteiger charge is 2.42. The van der Waals surface area contributed by atoms with Crippen LogP contribution in [-0.4, -0.2) is 22.2 Å². The summed E-state index contributed by atoms with van der Waals surface area (Å²) in [5.41, 5.74) is 13.5. The molecule has 4 heterocycles. The first kappa shape index (κ1) is 47.2. The van der Waals surface area contributed by atoms with E-state index in [1.54, 1.807) is 0 Å². The van der Waals surface area contributed by atoms with Gasteiger partial charge >= 0.3 is 0 Å². The van der Waals surface area contributed by atoms with Gasteiger partial charge < -0.3 is 4.74 Å². The van der Waals surface area contributed by atoms with Gasteiger partial charge in [-0.05, 0) is 142 Å². The highest BCUT2D eigenvalue weighted by Crippen LogP contribution is 2.46. The van der Waals surface area contributed by atoms with Crippen LogP contribution in [0.4, 0.5) is 0 Å². The molecule has 0 saturated heterocycles. The molecule has 3 aromatic heterocycles. The number of benzene rings is 11. The summed E-state index contributed by atoms with van der Waals surface area (Å²) in [4.78, 5) is 5.11. The van der Waals surface area contributed by atoms with Crippen molar-refractivity contribution in [1.82, 2.24) is 14.1 Å². The third-order valence-corrected chi connectivity index (χ3v) is 22.1. The van der Waals surface area contributed by atoms with Crippen LogP contribution in [0.3, 0.4) is 0 Å². The average Bonchev–Trinajstić information content (AvgIpc) is 1.63. The van der Waals surface area contributed by atoms with E-state index in [2.05, 4.69) is 257 Å². The van der Waals surface area contributed by atoms with E-state index < -0.39 is 26.2 Å². The summed E-state index contributed by atoms with van der Waals surface area (Å²) in [5, 5.41) is 7.34. The number of pyridine rings is 1. The molecule has 6 heteroatoms. The van der Waals surface area contributed by atoms with Gasteiger partial charge in [-0.25, -0.2) is 4.98 Å². The molecule has 0 aliphatic carbocycles. The van der Waals surface area contributed by atoms with E-state index in [1.807, 2.05) is 53.2 Å². The number of nitrogens with zero attached hydrogens (tertiary/aromatic N) is 4.